The van der Waals surface area contributed by atoms with Gasteiger partial charge in [-0.05, 0) is 24.1 Å². The topological polar surface area (TPSA) is 38.5 Å². The molecule has 2 N–H and O–H groups in total. The van der Waals surface area contributed by atoms with E-state index in [0.717, 1.165) is 31.9 Å². The molecule has 17 heavy (non-hydrogen) atoms. The van der Waals surface area contributed by atoms with Gasteiger partial charge in [-0.2, -0.15) is 0 Å². The highest BCUT2D eigenvalue weighted by Crippen LogP contribution is 2.17. The third kappa shape index (κ3) is 4.21. The average Bonchev–Trinajstić information content (AvgIpc) is 2.32. The minimum atomic E-state index is 0.731. The Balaban J connectivity index is 2.70. The molecule has 0 bridgehead atoms. The fourth-order valence-corrected chi connectivity index (χ4v) is 1.75. The van der Waals surface area contributed by atoms with E-state index in [9.17, 15) is 0 Å². The molecule has 0 saturated carbocycles. The number of anilines is 1. The van der Waals surface area contributed by atoms with Gasteiger partial charge < -0.3 is 10.5 Å². The lowest BCUT2D eigenvalue weighted by Crippen LogP contribution is -2.27. The Morgan fingerprint density at radius 1 is 1.47 bits per heavy atom. The van der Waals surface area contributed by atoms with Crippen molar-refractivity contribution in [2.24, 2.45) is 0 Å². The second-order valence-electron chi connectivity index (χ2n) is 4.15. The van der Waals surface area contributed by atoms with E-state index in [1.165, 1.54) is 11.1 Å². The second kappa shape index (κ2) is 7.09. The van der Waals surface area contributed by atoms with Crippen molar-refractivity contribution in [1.29, 1.82) is 0 Å². The van der Waals surface area contributed by atoms with Gasteiger partial charge in [-0.1, -0.05) is 18.2 Å². The molecular weight excluding hydrogens is 212 g/mol. The Morgan fingerprint density at radius 3 is 2.88 bits per heavy atom. The normalized spacial score (nSPS) is 10.8. The van der Waals surface area contributed by atoms with Gasteiger partial charge in [-0.3, -0.25) is 4.90 Å². The minimum Gasteiger partial charge on any atom is -0.399 e. The maximum atomic E-state index is 5.91. The summed E-state index contributed by atoms with van der Waals surface area (Å²) >= 11 is 0. The van der Waals surface area contributed by atoms with Gasteiger partial charge in [0.05, 0.1) is 6.61 Å². The second-order valence-corrected chi connectivity index (χ2v) is 4.15. The van der Waals surface area contributed by atoms with E-state index in [1.807, 2.05) is 18.2 Å². The summed E-state index contributed by atoms with van der Waals surface area (Å²) in [6.45, 7) is 9.22. The van der Waals surface area contributed by atoms with Gasteiger partial charge in [0.15, 0.2) is 0 Å². The highest BCUT2D eigenvalue weighted by atomic mass is 16.5. The zero-order chi connectivity index (χ0) is 12.7. The molecular formula is C14H22N2O. The monoisotopic (exact) mass is 234 g/mol. The van der Waals surface area contributed by atoms with Crippen molar-refractivity contribution in [1.82, 2.24) is 4.90 Å². The van der Waals surface area contributed by atoms with Crippen molar-refractivity contribution < 1.29 is 4.74 Å². The third-order valence-corrected chi connectivity index (χ3v) is 2.88. The van der Waals surface area contributed by atoms with Crippen molar-refractivity contribution in [3.63, 3.8) is 0 Å². The first-order valence-corrected chi connectivity index (χ1v) is 5.85. The Labute approximate surface area is 104 Å². The predicted molar refractivity (Wildman–Crippen MR) is 72.9 cm³/mol. The molecule has 0 radical (unpaired) electrons. The van der Waals surface area contributed by atoms with Crippen LogP contribution in [0, 0.1) is 6.92 Å². The molecule has 0 aliphatic heterocycles. The number of ether oxygens (including phenoxy) is 1. The smallest absolute Gasteiger partial charge is 0.0589 e. The summed E-state index contributed by atoms with van der Waals surface area (Å²) in [6.07, 6.45) is 1.91. The number of methoxy groups -OCH3 is 1. The van der Waals surface area contributed by atoms with E-state index >= 15 is 0 Å². The van der Waals surface area contributed by atoms with Crippen molar-refractivity contribution >= 4 is 5.69 Å². The lowest BCUT2D eigenvalue weighted by molar-refractivity contribution is 0.151. The summed E-state index contributed by atoms with van der Waals surface area (Å²) in [5, 5.41) is 0. The number of benzene rings is 1. The molecule has 1 rings (SSSR count). The predicted octanol–water partition coefficient (Wildman–Crippen LogP) is 2.21. The SMILES string of the molecule is C=CCN(CCOC)Cc1cccc(N)c1C. The third-order valence-electron chi connectivity index (χ3n) is 2.88. The molecule has 0 saturated heterocycles. The van der Waals surface area contributed by atoms with Crippen molar-refractivity contribution in [2.75, 3.05) is 32.5 Å². The average molecular weight is 234 g/mol. The number of nitrogen functional groups attached to an aromatic ring is 1. The van der Waals surface area contributed by atoms with Crippen LogP contribution >= 0.6 is 0 Å². The number of hydrogen-bond acceptors (Lipinski definition) is 3. The van der Waals surface area contributed by atoms with E-state index in [1.54, 1.807) is 7.11 Å². The van der Waals surface area contributed by atoms with Gasteiger partial charge in [0.25, 0.3) is 0 Å². The molecule has 0 fully saturated rings. The lowest BCUT2D eigenvalue weighted by Gasteiger charge is -2.21. The van der Waals surface area contributed by atoms with E-state index in [4.69, 9.17) is 10.5 Å². The van der Waals surface area contributed by atoms with Gasteiger partial charge in [-0.25, -0.2) is 0 Å². The van der Waals surface area contributed by atoms with Crippen molar-refractivity contribution in [3.05, 3.63) is 42.0 Å². The van der Waals surface area contributed by atoms with Crippen molar-refractivity contribution in [2.45, 2.75) is 13.5 Å². The molecule has 3 nitrogen and oxygen atoms in total. The first kappa shape index (κ1) is 13.7. The van der Waals surface area contributed by atoms with Crippen LogP contribution in [0.15, 0.2) is 30.9 Å². The van der Waals surface area contributed by atoms with E-state index in [2.05, 4.69) is 24.5 Å². The summed E-state index contributed by atoms with van der Waals surface area (Å²) in [4.78, 5) is 2.29. The molecule has 0 spiro atoms. The molecule has 0 heterocycles. The number of hydrogen-bond donors (Lipinski definition) is 1. The summed E-state index contributed by atoms with van der Waals surface area (Å²) in [5.74, 6) is 0. The first-order chi connectivity index (χ1) is 8.19. The van der Waals surface area contributed by atoms with Crippen LogP contribution in [0.4, 0.5) is 5.69 Å². The molecule has 0 aliphatic carbocycles. The van der Waals surface area contributed by atoms with E-state index in [0.29, 0.717) is 0 Å². The summed E-state index contributed by atoms with van der Waals surface area (Å²) in [6, 6.07) is 6.06. The molecule has 0 aromatic heterocycles. The molecule has 0 atom stereocenters. The Hall–Kier alpha value is -1.32. The quantitative estimate of drug-likeness (QED) is 0.580. The van der Waals surface area contributed by atoms with Gasteiger partial charge >= 0.3 is 0 Å². The van der Waals surface area contributed by atoms with Gasteiger partial charge in [0.1, 0.15) is 0 Å². The van der Waals surface area contributed by atoms with E-state index in [-0.39, 0.29) is 0 Å². The molecule has 3 heteroatoms. The van der Waals surface area contributed by atoms with E-state index < -0.39 is 0 Å². The Bertz CT molecular complexity index is 363. The van der Waals surface area contributed by atoms with Crippen LogP contribution in [0.5, 0.6) is 0 Å². The highest BCUT2D eigenvalue weighted by molar-refractivity contribution is 5.49. The first-order valence-electron chi connectivity index (χ1n) is 5.85. The van der Waals surface area contributed by atoms with Crippen LogP contribution in [-0.2, 0) is 11.3 Å². The maximum Gasteiger partial charge on any atom is 0.0589 e. The van der Waals surface area contributed by atoms with Gasteiger partial charge in [0, 0.05) is 32.4 Å². The number of nitrogens with zero attached hydrogens (tertiary/aromatic N) is 1. The molecule has 1 aromatic carbocycles. The number of rotatable bonds is 7. The lowest BCUT2D eigenvalue weighted by atomic mass is 10.1. The summed E-state index contributed by atoms with van der Waals surface area (Å²) in [7, 11) is 1.72. The Morgan fingerprint density at radius 2 is 2.24 bits per heavy atom. The fraction of sp³-hybridized carbons (Fsp3) is 0.429. The van der Waals surface area contributed by atoms with Gasteiger partial charge in [0.2, 0.25) is 0 Å². The zero-order valence-electron chi connectivity index (χ0n) is 10.8. The van der Waals surface area contributed by atoms with Gasteiger partial charge in [-0.15, -0.1) is 6.58 Å². The van der Waals surface area contributed by atoms with Crippen LogP contribution in [0.25, 0.3) is 0 Å². The maximum absolute atomic E-state index is 5.91. The zero-order valence-corrected chi connectivity index (χ0v) is 10.8. The number of nitrogens with two attached hydrogens (primary N) is 1. The molecule has 0 aliphatic rings. The van der Waals surface area contributed by atoms with Crippen LogP contribution in [-0.4, -0.2) is 31.7 Å². The highest BCUT2D eigenvalue weighted by Gasteiger charge is 2.07. The minimum absolute atomic E-state index is 0.731. The molecule has 0 unspecified atom stereocenters. The van der Waals surface area contributed by atoms with Crippen LogP contribution in [0.1, 0.15) is 11.1 Å². The van der Waals surface area contributed by atoms with Crippen LogP contribution in [0.2, 0.25) is 0 Å². The molecule has 1 aromatic rings. The standard InChI is InChI=1S/C14H22N2O/c1-4-8-16(9-10-17-3)11-13-6-5-7-14(15)12(13)2/h4-7H,1,8-11,15H2,2-3H3. The van der Waals surface area contributed by atoms with Crippen molar-refractivity contribution in [3.8, 4) is 0 Å². The summed E-state index contributed by atoms with van der Waals surface area (Å²) in [5.41, 5.74) is 9.19. The van der Waals surface area contributed by atoms with Crippen LogP contribution in [0.3, 0.4) is 0 Å². The summed E-state index contributed by atoms with van der Waals surface area (Å²) < 4.78 is 5.11. The Kier molecular flexibility index (Phi) is 5.73. The largest absolute Gasteiger partial charge is 0.399 e. The molecule has 0 amide bonds. The molecule has 94 valence electrons. The van der Waals surface area contributed by atoms with Crippen LogP contribution < -0.4 is 5.73 Å². The fourth-order valence-electron chi connectivity index (χ4n) is 1.75.